The van der Waals surface area contributed by atoms with Crippen molar-refractivity contribution >= 4 is 21.4 Å². The van der Waals surface area contributed by atoms with Crippen molar-refractivity contribution in [1.82, 2.24) is 9.21 Å². The SMILES string of the molecule is CCN1CCN(S(=O)(=O)c2cc(N)ccc2N(C)C)CC1. The highest BCUT2D eigenvalue weighted by Crippen LogP contribution is 2.29. The highest BCUT2D eigenvalue weighted by molar-refractivity contribution is 7.89. The van der Waals surface area contributed by atoms with Gasteiger partial charge in [-0.2, -0.15) is 4.31 Å². The number of nitrogens with zero attached hydrogens (tertiary/aromatic N) is 3. The summed E-state index contributed by atoms with van der Waals surface area (Å²) in [4.78, 5) is 4.34. The number of nitrogens with two attached hydrogens (primary N) is 1. The standard InChI is InChI=1S/C14H24N4O2S/c1-4-17-7-9-18(10-8-17)21(19,20)14-11-12(15)5-6-13(14)16(2)3/h5-6,11H,4,7-10,15H2,1-3H3. The molecule has 0 radical (unpaired) electrons. The van der Waals surface area contributed by atoms with Crippen LogP contribution in [0.4, 0.5) is 11.4 Å². The lowest BCUT2D eigenvalue weighted by atomic mass is 10.3. The third kappa shape index (κ3) is 3.30. The Hall–Kier alpha value is -1.31. The fraction of sp³-hybridized carbons (Fsp3) is 0.571. The fourth-order valence-corrected chi connectivity index (χ4v) is 4.25. The molecule has 0 bridgehead atoms. The van der Waals surface area contributed by atoms with E-state index < -0.39 is 10.0 Å². The molecule has 118 valence electrons. The molecule has 0 amide bonds. The van der Waals surface area contributed by atoms with Gasteiger partial charge in [-0.1, -0.05) is 6.92 Å². The number of rotatable bonds is 4. The molecule has 1 aliphatic heterocycles. The third-order valence-corrected chi connectivity index (χ3v) is 5.79. The number of piperazine rings is 1. The van der Waals surface area contributed by atoms with Gasteiger partial charge < -0.3 is 15.5 Å². The molecule has 0 aliphatic carbocycles. The summed E-state index contributed by atoms with van der Waals surface area (Å²) in [6.45, 7) is 5.64. The zero-order valence-corrected chi connectivity index (χ0v) is 13.7. The lowest BCUT2D eigenvalue weighted by Crippen LogP contribution is -2.48. The van der Waals surface area contributed by atoms with Crippen LogP contribution in [0.25, 0.3) is 0 Å². The number of sulfonamides is 1. The molecule has 1 fully saturated rings. The van der Waals surface area contributed by atoms with Crippen molar-refractivity contribution in [3.05, 3.63) is 18.2 Å². The number of nitrogen functional groups attached to an aromatic ring is 1. The van der Waals surface area contributed by atoms with Crippen molar-refractivity contribution in [2.75, 3.05) is 57.5 Å². The van der Waals surface area contributed by atoms with E-state index in [9.17, 15) is 8.42 Å². The maximum Gasteiger partial charge on any atom is 0.245 e. The highest BCUT2D eigenvalue weighted by Gasteiger charge is 2.30. The first-order chi connectivity index (χ1) is 9.86. The lowest BCUT2D eigenvalue weighted by molar-refractivity contribution is 0.196. The van der Waals surface area contributed by atoms with Crippen molar-refractivity contribution in [3.63, 3.8) is 0 Å². The van der Waals surface area contributed by atoms with Gasteiger partial charge >= 0.3 is 0 Å². The molecule has 1 heterocycles. The molecule has 1 saturated heterocycles. The van der Waals surface area contributed by atoms with Gasteiger partial charge in [0.15, 0.2) is 0 Å². The Morgan fingerprint density at radius 2 is 1.81 bits per heavy atom. The molecule has 6 nitrogen and oxygen atoms in total. The Labute approximate surface area is 127 Å². The molecule has 0 unspecified atom stereocenters. The predicted octanol–water partition coefficient (Wildman–Crippen LogP) is 0.661. The van der Waals surface area contributed by atoms with Gasteiger partial charge in [0.25, 0.3) is 0 Å². The molecule has 1 aliphatic rings. The first kappa shape index (κ1) is 16.1. The second kappa shape index (κ2) is 6.21. The van der Waals surface area contributed by atoms with Crippen LogP contribution in [-0.2, 0) is 10.0 Å². The topological polar surface area (TPSA) is 69.9 Å². The largest absolute Gasteiger partial charge is 0.399 e. The van der Waals surface area contributed by atoms with Gasteiger partial charge in [0, 0.05) is 46.0 Å². The second-order valence-corrected chi connectivity index (χ2v) is 7.37. The molecule has 0 atom stereocenters. The quantitative estimate of drug-likeness (QED) is 0.827. The Balaban J connectivity index is 2.34. The molecule has 1 aromatic carbocycles. The van der Waals surface area contributed by atoms with E-state index >= 15 is 0 Å². The molecule has 0 aromatic heterocycles. The maximum atomic E-state index is 12.9. The summed E-state index contributed by atoms with van der Waals surface area (Å²) in [6, 6.07) is 5.03. The maximum absolute atomic E-state index is 12.9. The minimum absolute atomic E-state index is 0.289. The number of likely N-dealkylation sites (N-methyl/N-ethyl adjacent to an activating group) is 1. The first-order valence-electron chi connectivity index (χ1n) is 7.15. The van der Waals surface area contributed by atoms with Crippen LogP contribution in [0.15, 0.2) is 23.1 Å². The third-order valence-electron chi connectivity index (χ3n) is 3.86. The van der Waals surface area contributed by atoms with Gasteiger partial charge in [0.1, 0.15) is 4.90 Å². The van der Waals surface area contributed by atoms with Crippen LogP contribution in [0.1, 0.15) is 6.92 Å². The minimum Gasteiger partial charge on any atom is -0.399 e. The van der Waals surface area contributed by atoms with Crippen LogP contribution in [0.3, 0.4) is 0 Å². The van der Waals surface area contributed by atoms with E-state index in [1.807, 2.05) is 14.1 Å². The summed E-state index contributed by atoms with van der Waals surface area (Å²) in [5, 5.41) is 0. The van der Waals surface area contributed by atoms with Crippen LogP contribution in [-0.4, -0.2) is 64.4 Å². The number of hydrogen-bond donors (Lipinski definition) is 1. The Kier molecular flexibility index (Phi) is 4.75. The summed E-state index contributed by atoms with van der Waals surface area (Å²) in [5.74, 6) is 0. The fourth-order valence-electron chi connectivity index (χ4n) is 2.53. The molecule has 1 aromatic rings. The highest BCUT2D eigenvalue weighted by atomic mass is 32.2. The van der Waals surface area contributed by atoms with Crippen molar-refractivity contribution in [2.45, 2.75) is 11.8 Å². The summed E-state index contributed by atoms with van der Waals surface area (Å²) < 4.78 is 27.3. The van der Waals surface area contributed by atoms with Gasteiger partial charge in [-0.15, -0.1) is 0 Å². The number of benzene rings is 1. The molecule has 21 heavy (non-hydrogen) atoms. The van der Waals surface area contributed by atoms with Gasteiger partial charge in [-0.3, -0.25) is 0 Å². The number of hydrogen-bond acceptors (Lipinski definition) is 5. The molecule has 2 rings (SSSR count). The molecular weight excluding hydrogens is 288 g/mol. The van der Waals surface area contributed by atoms with Crippen molar-refractivity contribution in [3.8, 4) is 0 Å². The van der Waals surface area contributed by atoms with E-state index in [4.69, 9.17) is 5.73 Å². The molecular formula is C14H24N4O2S. The van der Waals surface area contributed by atoms with E-state index in [1.54, 1.807) is 27.4 Å². The van der Waals surface area contributed by atoms with Crippen LogP contribution in [0.2, 0.25) is 0 Å². The van der Waals surface area contributed by atoms with Crippen molar-refractivity contribution in [1.29, 1.82) is 0 Å². The average Bonchev–Trinajstić information content (AvgIpc) is 2.47. The van der Waals surface area contributed by atoms with Crippen LogP contribution in [0.5, 0.6) is 0 Å². The summed E-state index contributed by atoms with van der Waals surface area (Å²) in [5.41, 5.74) is 6.92. The van der Waals surface area contributed by atoms with Crippen molar-refractivity contribution < 1.29 is 8.42 Å². The molecule has 2 N–H and O–H groups in total. The van der Waals surface area contributed by atoms with E-state index in [2.05, 4.69) is 11.8 Å². The van der Waals surface area contributed by atoms with Gasteiger partial charge in [-0.05, 0) is 24.7 Å². The van der Waals surface area contributed by atoms with E-state index in [-0.39, 0.29) is 4.90 Å². The second-order valence-electron chi connectivity index (χ2n) is 5.46. The van der Waals surface area contributed by atoms with Crippen molar-refractivity contribution in [2.24, 2.45) is 0 Å². The molecule has 7 heteroatoms. The molecule has 0 spiro atoms. The smallest absolute Gasteiger partial charge is 0.245 e. The zero-order chi connectivity index (χ0) is 15.6. The lowest BCUT2D eigenvalue weighted by Gasteiger charge is -2.34. The first-order valence-corrected chi connectivity index (χ1v) is 8.59. The van der Waals surface area contributed by atoms with E-state index in [1.165, 1.54) is 0 Å². The van der Waals surface area contributed by atoms with E-state index in [0.29, 0.717) is 24.5 Å². The number of anilines is 2. The minimum atomic E-state index is -3.51. The average molecular weight is 312 g/mol. The summed E-state index contributed by atoms with van der Waals surface area (Å²) in [7, 11) is 0.159. The predicted molar refractivity (Wildman–Crippen MR) is 86.1 cm³/mol. The Morgan fingerprint density at radius 3 is 2.33 bits per heavy atom. The Bertz CT molecular complexity index is 593. The summed E-state index contributed by atoms with van der Waals surface area (Å²) in [6.07, 6.45) is 0. The monoisotopic (exact) mass is 312 g/mol. The van der Waals surface area contributed by atoms with Crippen LogP contribution < -0.4 is 10.6 Å². The molecule has 0 saturated carbocycles. The zero-order valence-electron chi connectivity index (χ0n) is 12.9. The van der Waals surface area contributed by atoms with Crippen LogP contribution >= 0.6 is 0 Å². The van der Waals surface area contributed by atoms with Gasteiger partial charge in [0.05, 0.1) is 5.69 Å². The van der Waals surface area contributed by atoms with Crippen LogP contribution in [0, 0.1) is 0 Å². The normalized spacial score (nSPS) is 17.9. The van der Waals surface area contributed by atoms with Gasteiger partial charge in [0.2, 0.25) is 10.0 Å². The summed E-state index contributed by atoms with van der Waals surface area (Å²) >= 11 is 0. The van der Waals surface area contributed by atoms with E-state index in [0.717, 1.165) is 19.6 Å². The Morgan fingerprint density at radius 1 is 1.19 bits per heavy atom. The van der Waals surface area contributed by atoms with Gasteiger partial charge in [-0.25, -0.2) is 8.42 Å².